The Balaban J connectivity index is 1.42. The third-order valence-corrected chi connectivity index (χ3v) is 7.97. The summed E-state index contributed by atoms with van der Waals surface area (Å²) in [6.07, 6.45) is 6.32. The molecule has 0 spiro atoms. The first-order chi connectivity index (χ1) is 20.3. The van der Waals surface area contributed by atoms with Crippen LogP contribution in [0.25, 0.3) is 11.1 Å². The Labute approximate surface area is 246 Å². The fourth-order valence-electron chi connectivity index (χ4n) is 5.28. The first-order valence-corrected chi connectivity index (χ1v) is 14.9. The lowest BCUT2D eigenvalue weighted by Crippen LogP contribution is -2.29. The van der Waals surface area contributed by atoms with E-state index in [4.69, 9.17) is 10.5 Å². The standard InChI is InChI=1S/C33H39N5O4/c1-3-20(2)42-33(41)36-25-12-13-26-22-14-15-35-30(17-22)28(6-4-5-7-31(39)37-29(26)18-25)38-32(40)23-10-11-24(19-34)27(16-23)21-8-9-21/h10-18,20-21,28H,3-9,19,34H2,1-2H3,(H,36,41)(H,37,39)(H,38,40). The van der Waals surface area contributed by atoms with Gasteiger partial charge in [-0.3, -0.25) is 19.9 Å². The quantitative estimate of drug-likeness (QED) is 0.259. The van der Waals surface area contributed by atoms with E-state index in [1.807, 2.05) is 50.2 Å². The normalized spacial score (nSPS) is 17.5. The highest BCUT2D eigenvalue weighted by Crippen LogP contribution is 2.42. The number of hydrogen-bond acceptors (Lipinski definition) is 6. The van der Waals surface area contributed by atoms with Crippen molar-refractivity contribution in [3.8, 4) is 11.1 Å². The fraction of sp³-hybridized carbons (Fsp3) is 0.394. The van der Waals surface area contributed by atoms with Crippen molar-refractivity contribution < 1.29 is 19.1 Å². The van der Waals surface area contributed by atoms with Crippen LogP contribution in [-0.4, -0.2) is 29.0 Å². The highest BCUT2D eigenvalue weighted by atomic mass is 16.6. The molecule has 1 saturated carbocycles. The van der Waals surface area contributed by atoms with Crippen LogP contribution >= 0.6 is 0 Å². The summed E-state index contributed by atoms with van der Waals surface area (Å²) in [5.41, 5.74) is 12.3. The Morgan fingerprint density at radius 3 is 2.69 bits per heavy atom. The third-order valence-electron chi connectivity index (χ3n) is 7.97. The summed E-state index contributed by atoms with van der Waals surface area (Å²) >= 11 is 0. The molecule has 2 bridgehead atoms. The molecule has 2 aliphatic rings. The molecule has 2 heterocycles. The number of benzene rings is 2. The number of pyridine rings is 1. The fourth-order valence-corrected chi connectivity index (χ4v) is 5.28. The SMILES string of the molecule is CCC(C)OC(=O)Nc1ccc2c(c1)NC(=O)CCCCC(NC(=O)c1ccc(CN)c(C3CC3)c1)c1cc-2ccn1. The Kier molecular flexibility index (Phi) is 9.17. The lowest BCUT2D eigenvalue weighted by atomic mass is 9.97. The van der Waals surface area contributed by atoms with Crippen molar-refractivity contribution >= 4 is 29.3 Å². The number of fused-ring (bicyclic) bond motifs is 4. The maximum absolute atomic E-state index is 13.5. The molecular formula is C33H39N5O4. The van der Waals surface area contributed by atoms with E-state index >= 15 is 0 Å². The molecule has 1 aliphatic heterocycles. The highest BCUT2D eigenvalue weighted by Gasteiger charge is 2.27. The number of nitrogens with one attached hydrogen (secondary N) is 3. The second-order valence-corrected chi connectivity index (χ2v) is 11.2. The molecule has 0 radical (unpaired) electrons. The molecule has 1 aromatic heterocycles. The molecule has 42 heavy (non-hydrogen) atoms. The molecule has 0 saturated heterocycles. The van der Waals surface area contributed by atoms with Crippen LogP contribution in [0, 0.1) is 0 Å². The summed E-state index contributed by atoms with van der Waals surface area (Å²) < 4.78 is 5.34. The van der Waals surface area contributed by atoms with E-state index < -0.39 is 6.09 Å². The minimum atomic E-state index is -0.546. The molecule has 5 N–H and O–H groups in total. The predicted octanol–water partition coefficient (Wildman–Crippen LogP) is 6.42. The van der Waals surface area contributed by atoms with Gasteiger partial charge >= 0.3 is 6.09 Å². The minimum absolute atomic E-state index is 0.112. The van der Waals surface area contributed by atoms with E-state index in [1.165, 1.54) is 5.56 Å². The second-order valence-electron chi connectivity index (χ2n) is 11.2. The second kappa shape index (κ2) is 13.2. The van der Waals surface area contributed by atoms with Gasteiger partial charge in [-0.15, -0.1) is 0 Å². The Morgan fingerprint density at radius 2 is 1.93 bits per heavy atom. The molecule has 2 aromatic carbocycles. The van der Waals surface area contributed by atoms with E-state index in [-0.39, 0.29) is 24.0 Å². The van der Waals surface area contributed by atoms with Gasteiger partial charge in [0, 0.05) is 36.0 Å². The lowest BCUT2D eigenvalue weighted by Gasteiger charge is -2.21. The summed E-state index contributed by atoms with van der Waals surface area (Å²) in [4.78, 5) is 43.3. The van der Waals surface area contributed by atoms with Crippen molar-refractivity contribution in [3.05, 3.63) is 77.1 Å². The van der Waals surface area contributed by atoms with Gasteiger partial charge in [-0.25, -0.2) is 4.79 Å². The smallest absolute Gasteiger partial charge is 0.411 e. The Morgan fingerprint density at radius 1 is 1.10 bits per heavy atom. The van der Waals surface area contributed by atoms with Crippen molar-refractivity contribution in [2.45, 2.75) is 83.4 Å². The van der Waals surface area contributed by atoms with Gasteiger partial charge in [0.15, 0.2) is 0 Å². The van der Waals surface area contributed by atoms with Crippen LogP contribution in [0.1, 0.15) is 97.9 Å². The van der Waals surface area contributed by atoms with Crippen molar-refractivity contribution in [2.75, 3.05) is 10.6 Å². The molecule has 220 valence electrons. The topological polar surface area (TPSA) is 135 Å². The van der Waals surface area contributed by atoms with Crippen LogP contribution in [0.2, 0.25) is 0 Å². The van der Waals surface area contributed by atoms with Gasteiger partial charge in [0.2, 0.25) is 5.91 Å². The van der Waals surface area contributed by atoms with E-state index in [9.17, 15) is 14.4 Å². The molecule has 5 rings (SSSR count). The van der Waals surface area contributed by atoms with Crippen molar-refractivity contribution in [1.29, 1.82) is 0 Å². The van der Waals surface area contributed by atoms with Crippen LogP contribution in [0.5, 0.6) is 0 Å². The van der Waals surface area contributed by atoms with Gasteiger partial charge in [0.25, 0.3) is 5.91 Å². The maximum atomic E-state index is 13.5. The summed E-state index contributed by atoms with van der Waals surface area (Å²) in [6, 6.07) is 14.7. The minimum Gasteiger partial charge on any atom is -0.446 e. The van der Waals surface area contributed by atoms with Gasteiger partial charge < -0.3 is 21.1 Å². The van der Waals surface area contributed by atoms with E-state index in [0.717, 1.165) is 41.6 Å². The maximum Gasteiger partial charge on any atom is 0.411 e. The van der Waals surface area contributed by atoms with Crippen molar-refractivity contribution in [3.63, 3.8) is 0 Å². The summed E-state index contributed by atoms with van der Waals surface area (Å²) in [7, 11) is 0. The number of amides is 3. The predicted molar refractivity (Wildman–Crippen MR) is 163 cm³/mol. The first kappa shape index (κ1) is 29.3. The largest absolute Gasteiger partial charge is 0.446 e. The molecule has 2 atom stereocenters. The van der Waals surface area contributed by atoms with Crippen LogP contribution in [0.15, 0.2) is 54.7 Å². The van der Waals surface area contributed by atoms with Gasteiger partial charge in [-0.1, -0.05) is 25.5 Å². The van der Waals surface area contributed by atoms with Gasteiger partial charge in [-0.05, 0) is 98.0 Å². The van der Waals surface area contributed by atoms with Crippen LogP contribution < -0.4 is 21.7 Å². The number of aromatic nitrogens is 1. The Hall–Kier alpha value is -4.24. The number of nitrogens with two attached hydrogens (primary N) is 1. The number of anilines is 2. The van der Waals surface area contributed by atoms with Crippen LogP contribution in [0.3, 0.4) is 0 Å². The number of nitrogens with zero attached hydrogens (tertiary/aromatic N) is 1. The van der Waals surface area contributed by atoms with Gasteiger partial charge in [0.05, 0.1) is 17.4 Å². The molecule has 1 aliphatic carbocycles. The summed E-state index contributed by atoms with van der Waals surface area (Å²) in [6.45, 7) is 4.23. The molecule has 3 aromatic rings. The first-order valence-electron chi connectivity index (χ1n) is 14.9. The van der Waals surface area contributed by atoms with Gasteiger partial charge in [0.1, 0.15) is 6.10 Å². The molecule has 2 unspecified atom stereocenters. The highest BCUT2D eigenvalue weighted by molar-refractivity contribution is 5.98. The number of rotatable bonds is 7. The molecule has 9 heteroatoms. The zero-order valence-electron chi connectivity index (χ0n) is 24.2. The number of hydrogen-bond donors (Lipinski definition) is 4. The zero-order chi connectivity index (χ0) is 29.6. The van der Waals surface area contributed by atoms with Gasteiger partial charge in [-0.2, -0.15) is 0 Å². The van der Waals surface area contributed by atoms with E-state index in [1.54, 1.807) is 18.3 Å². The zero-order valence-corrected chi connectivity index (χ0v) is 24.2. The van der Waals surface area contributed by atoms with Crippen molar-refractivity contribution in [2.24, 2.45) is 5.73 Å². The number of carbonyl (C=O) groups is 3. The lowest BCUT2D eigenvalue weighted by molar-refractivity contribution is -0.116. The molecule has 9 nitrogen and oxygen atoms in total. The monoisotopic (exact) mass is 569 g/mol. The van der Waals surface area contributed by atoms with Crippen molar-refractivity contribution in [1.82, 2.24) is 10.3 Å². The summed E-state index contributed by atoms with van der Waals surface area (Å²) in [5.74, 6) is 0.227. The summed E-state index contributed by atoms with van der Waals surface area (Å²) in [5, 5.41) is 8.98. The third kappa shape index (κ3) is 7.15. The van der Waals surface area contributed by atoms with Crippen LogP contribution in [-0.2, 0) is 16.1 Å². The van der Waals surface area contributed by atoms with E-state index in [0.29, 0.717) is 55.1 Å². The molecular weight excluding hydrogens is 530 g/mol. The van der Waals surface area contributed by atoms with E-state index in [2.05, 4.69) is 20.9 Å². The average molecular weight is 570 g/mol. The number of ether oxygens (including phenoxy) is 1. The molecule has 1 fully saturated rings. The number of carbonyl (C=O) groups excluding carboxylic acids is 3. The van der Waals surface area contributed by atoms with Crippen LogP contribution in [0.4, 0.5) is 16.2 Å². The average Bonchev–Trinajstić information content (AvgIpc) is 3.83. The Bertz CT molecular complexity index is 1470. The molecule has 3 amide bonds.